The SMILES string of the molecule is CCOC(=O)CC(C[C@H](NS(=O)(=O)c1ccc(C)cc1)c1ccc(C)cc1)(N[S@@](=O)C(C)(C)C)c1ccccc1. The zero-order chi connectivity index (χ0) is 29.6. The molecule has 2 N–H and O–H groups in total. The molecule has 9 heteroatoms. The second kappa shape index (κ2) is 13.2. The van der Waals surface area contributed by atoms with Crippen molar-refractivity contribution in [3.63, 3.8) is 0 Å². The Kier molecular flexibility index (Phi) is 10.5. The lowest BCUT2D eigenvalue weighted by Crippen LogP contribution is -2.51. The standard InChI is InChI=1S/C31H40N2O5S2/c1-7-38-29(34)22-31(26-11-9-8-10-12-26,33-39(35)30(4,5)6)21-28(25-17-13-23(2)14-18-25)32-40(36,37)27-19-15-24(3)16-20-27/h8-20,28,32-33H,7,21-22H2,1-6H3/t28-,31?,39-/m0/s1. The highest BCUT2D eigenvalue weighted by atomic mass is 32.2. The fourth-order valence-corrected chi connectivity index (χ4v) is 6.48. The van der Waals surface area contributed by atoms with Crippen LogP contribution >= 0.6 is 0 Å². The second-order valence-corrected chi connectivity index (χ2v) is 14.7. The van der Waals surface area contributed by atoms with Crippen LogP contribution in [0.15, 0.2) is 83.8 Å². The molecule has 0 heterocycles. The first-order valence-electron chi connectivity index (χ1n) is 13.3. The number of rotatable bonds is 12. The molecular weight excluding hydrogens is 544 g/mol. The number of ether oxygens (including phenoxy) is 1. The average molecular weight is 585 g/mol. The van der Waals surface area contributed by atoms with Crippen molar-refractivity contribution in [1.29, 1.82) is 0 Å². The molecule has 0 radical (unpaired) electrons. The van der Waals surface area contributed by atoms with E-state index in [1.807, 2.05) is 89.2 Å². The van der Waals surface area contributed by atoms with Crippen LogP contribution in [0.4, 0.5) is 0 Å². The largest absolute Gasteiger partial charge is 0.466 e. The van der Waals surface area contributed by atoms with Crippen molar-refractivity contribution >= 4 is 27.0 Å². The van der Waals surface area contributed by atoms with E-state index in [1.54, 1.807) is 31.2 Å². The fraction of sp³-hybridized carbons (Fsp3) is 0.387. The van der Waals surface area contributed by atoms with Crippen molar-refractivity contribution in [2.75, 3.05) is 6.61 Å². The van der Waals surface area contributed by atoms with Gasteiger partial charge in [0, 0.05) is 6.04 Å². The lowest BCUT2D eigenvalue weighted by atomic mass is 9.80. The Balaban J connectivity index is 2.19. The van der Waals surface area contributed by atoms with Crippen LogP contribution in [0.2, 0.25) is 0 Å². The molecule has 0 aromatic heterocycles. The molecule has 3 atom stereocenters. The average Bonchev–Trinajstić information content (AvgIpc) is 2.89. The predicted molar refractivity (Wildman–Crippen MR) is 160 cm³/mol. The first-order valence-corrected chi connectivity index (χ1v) is 16.0. The van der Waals surface area contributed by atoms with Gasteiger partial charge in [-0.25, -0.2) is 22.1 Å². The molecule has 0 aliphatic carbocycles. The summed E-state index contributed by atoms with van der Waals surface area (Å²) in [7, 11) is -5.56. The van der Waals surface area contributed by atoms with Crippen LogP contribution in [0.5, 0.6) is 0 Å². The number of carbonyl (C=O) groups excluding carboxylic acids is 1. The van der Waals surface area contributed by atoms with Crippen molar-refractivity contribution in [2.45, 2.75) is 75.6 Å². The molecule has 0 fully saturated rings. The Bertz CT molecular complexity index is 1400. The minimum atomic E-state index is -3.95. The summed E-state index contributed by atoms with van der Waals surface area (Å²) in [5.41, 5.74) is 2.16. The minimum Gasteiger partial charge on any atom is -0.466 e. The van der Waals surface area contributed by atoms with Gasteiger partial charge < -0.3 is 4.74 Å². The van der Waals surface area contributed by atoms with Gasteiger partial charge >= 0.3 is 5.97 Å². The van der Waals surface area contributed by atoms with E-state index in [1.165, 1.54) is 0 Å². The maximum atomic E-state index is 13.6. The molecule has 0 aliphatic heterocycles. The zero-order valence-electron chi connectivity index (χ0n) is 24.1. The highest BCUT2D eigenvalue weighted by Crippen LogP contribution is 2.38. The molecule has 3 aromatic rings. The summed E-state index contributed by atoms with van der Waals surface area (Å²) in [6.07, 6.45) is -0.0624. The van der Waals surface area contributed by atoms with Crippen LogP contribution in [0, 0.1) is 13.8 Å². The number of aryl methyl sites for hydroxylation is 2. The molecule has 0 saturated heterocycles. The molecular formula is C31H40N2O5S2. The van der Waals surface area contributed by atoms with Crippen LogP contribution in [0.1, 0.15) is 68.8 Å². The van der Waals surface area contributed by atoms with Gasteiger partial charge in [-0.1, -0.05) is 77.9 Å². The summed E-state index contributed by atoms with van der Waals surface area (Å²) < 4.78 is 51.7. The van der Waals surface area contributed by atoms with Gasteiger partial charge in [-0.05, 0) is 71.2 Å². The van der Waals surface area contributed by atoms with Crippen LogP contribution in [0.3, 0.4) is 0 Å². The van der Waals surface area contributed by atoms with Gasteiger partial charge in [0.05, 0.1) is 39.2 Å². The third kappa shape index (κ3) is 8.33. The fourth-order valence-electron chi connectivity index (χ4n) is 4.32. The number of benzene rings is 3. The van der Waals surface area contributed by atoms with E-state index < -0.39 is 43.3 Å². The summed E-state index contributed by atoms with van der Waals surface area (Å²) in [5, 5.41) is 0. The number of esters is 1. The van der Waals surface area contributed by atoms with Crippen molar-refractivity contribution in [3.8, 4) is 0 Å². The van der Waals surface area contributed by atoms with E-state index in [0.29, 0.717) is 11.1 Å². The van der Waals surface area contributed by atoms with Crippen LogP contribution < -0.4 is 9.44 Å². The third-order valence-corrected chi connectivity index (χ3v) is 9.76. The summed E-state index contributed by atoms with van der Waals surface area (Å²) in [6, 6.07) is 22.7. The summed E-state index contributed by atoms with van der Waals surface area (Å²) in [6.45, 7) is 11.3. The van der Waals surface area contributed by atoms with Gasteiger partial charge in [0.25, 0.3) is 0 Å². The van der Waals surface area contributed by atoms with Crippen molar-refractivity contribution in [2.24, 2.45) is 0 Å². The Morgan fingerprint density at radius 1 is 0.900 bits per heavy atom. The first-order chi connectivity index (χ1) is 18.8. The second-order valence-electron chi connectivity index (χ2n) is 11.0. The molecule has 216 valence electrons. The Morgan fingerprint density at radius 2 is 1.45 bits per heavy atom. The molecule has 0 bridgehead atoms. The van der Waals surface area contributed by atoms with Crippen LogP contribution in [0.25, 0.3) is 0 Å². The van der Waals surface area contributed by atoms with E-state index in [2.05, 4.69) is 9.44 Å². The smallest absolute Gasteiger partial charge is 0.308 e. The molecule has 1 unspecified atom stereocenters. The van der Waals surface area contributed by atoms with Gasteiger partial charge in [-0.2, -0.15) is 0 Å². The lowest BCUT2D eigenvalue weighted by Gasteiger charge is -2.39. The minimum absolute atomic E-state index is 0.0891. The maximum absolute atomic E-state index is 13.6. The van der Waals surface area contributed by atoms with Gasteiger partial charge in [0.1, 0.15) is 0 Å². The topological polar surface area (TPSA) is 102 Å². The van der Waals surface area contributed by atoms with Crippen molar-refractivity contribution in [1.82, 2.24) is 9.44 Å². The number of hydrogen-bond donors (Lipinski definition) is 2. The van der Waals surface area contributed by atoms with Gasteiger partial charge in [-0.15, -0.1) is 0 Å². The number of carbonyl (C=O) groups is 1. The van der Waals surface area contributed by atoms with Crippen molar-refractivity contribution in [3.05, 3.63) is 101 Å². The molecule has 40 heavy (non-hydrogen) atoms. The quantitative estimate of drug-likeness (QED) is 0.269. The highest BCUT2D eigenvalue weighted by molar-refractivity contribution is 7.89. The summed E-state index contributed by atoms with van der Waals surface area (Å²) in [4.78, 5) is 13.2. The third-order valence-electron chi connectivity index (χ3n) is 6.58. The highest BCUT2D eigenvalue weighted by Gasteiger charge is 2.42. The van der Waals surface area contributed by atoms with Crippen LogP contribution in [-0.4, -0.2) is 29.9 Å². The maximum Gasteiger partial charge on any atom is 0.308 e. The zero-order valence-corrected chi connectivity index (χ0v) is 25.7. The molecule has 0 amide bonds. The molecule has 0 saturated carbocycles. The van der Waals surface area contributed by atoms with E-state index in [-0.39, 0.29) is 24.3 Å². The molecule has 0 spiro atoms. The normalized spacial score (nSPS) is 15.2. The van der Waals surface area contributed by atoms with E-state index >= 15 is 0 Å². The lowest BCUT2D eigenvalue weighted by molar-refractivity contribution is -0.145. The van der Waals surface area contributed by atoms with Gasteiger partial charge in [-0.3, -0.25) is 4.79 Å². The predicted octanol–water partition coefficient (Wildman–Crippen LogP) is 5.61. The number of nitrogens with one attached hydrogen (secondary N) is 2. The Morgan fingerprint density at radius 3 is 1.98 bits per heavy atom. The number of hydrogen-bond acceptors (Lipinski definition) is 5. The van der Waals surface area contributed by atoms with E-state index in [9.17, 15) is 17.4 Å². The van der Waals surface area contributed by atoms with E-state index in [4.69, 9.17) is 4.74 Å². The van der Waals surface area contributed by atoms with Crippen molar-refractivity contribution < 1.29 is 22.2 Å². The van der Waals surface area contributed by atoms with Gasteiger partial charge in [0.15, 0.2) is 0 Å². The summed E-state index contributed by atoms with van der Waals surface area (Å²) in [5.74, 6) is -0.478. The Hall–Kier alpha value is -2.85. The molecule has 3 aromatic carbocycles. The number of sulfonamides is 1. The van der Waals surface area contributed by atoms with Gasteiger partial charge in [0.2, 0.25) is 10.0 Å². The summed E-state index contributed by atoms with van der Waals surface area (Å²) >= 11 is 0. The molecule has 7 nitrogen and oxygen atoms in total. The van der Waals surface area contributed by atoms with Crippen LogP contribution in [-0.2, 0) is 36.1 Å². The first kappa shape index (κ1) is 31.7. The molecule has 3 rings (SSSR count). The monoisotopic (exact) mass is 584 g/mol. The van der Waals surface area contributed by atoms with E-state index in [0.717, 1.165) is 11.1 Å². The Labute approximate surface area is 241 Å². The molecule has 0 aliphatic rings.